The molecule has 2 aliphatic heterocycles. The lowest BCUT2D eigenvalue weighted by molar-refractivity contribution is 0.0134. The highest BCUT2D eigenvalue weighted by Gasteiger charge is 2.38. The molecule has 1 amide bonds. The molecule has 2 aromatic heterocycles. The maximum atomic E-state index is 15.9. The van der Waals surface area contributed by atoms with Gasteiger partial charge >= 0.3 is 6.09 Å². The standard InChI is InChI=1S/C31H32F2N6O4/c1-17-10-11-34-19(3)27(17)39-24(16-40)35-28(38-13-12-37(15-18(38)2)30(42)43-31(4,5)6)20-14-22(33)26(36-29(20)39)25-21(32)8-7-9-23(25)41/h7-11,14,18,41H,12-13,15H2,1-6H3/t18-/m0/s1. The molecule has 4 heterocycles. The number of benzene rings is 1. The van der Waals surface area contributed by atoms with Gasteiger partial charge in [-0.3, -0.25) is 9.88 Å². The van der Waals surface area contributed by atoms with Crippen LogP contribution in [0.25, 0.3) is 11.3 Å². The van der Waals surface area contributed by atoms with Gasteiger partial charge in [0.1, 0.15) is 28.7 Å². The van der Waals surface area contributed by atoms with Gasteiger partial charge in [0.2, 0.25) is 5.82 Å². The number of piperazine rings is 1. The lowest BCUT2D eigenvalue weighted by Crippen LogP contribution is -2.56. The number of aromatic hydroxyl groups is 1. The number of hydrogen-bond acceptors (Lipinski definition) is 9. The molecular formula is C31H32F2N6O4. The van der Waals surface area contributed by atoms with Crippen LogP contribution in [-0.2, 0) is 9.53 Å². The van der Waals surface area contributed by atoms with Crippen molar-refractivity contribution in [1.82, 2.24) is 19.8 Å². The average molecular weight is 591 g/mol. The molecule has 0 bridgehead atoms. The van der Waals surface area contributed by atoms with Crippen LogP contribution in [-0.4, -0.2) is 74.0 Å². The second kappa shape index (κ2) is 11.1. The molecule has 3 aromatic rings. The van der Waals surface area contributed by atoms with Crippen LogP contribution < -0.4 is 4.90 Å². The normalized spacial score (nSPS) is 16.9. The molecule has 5 rings (SSSR count). The van der Waals surface area contributed by atoms with E-state index in [1.54, 1.807) is 44.9 Å². The van der Waals surface area contributed by atoms with Crippen LogP contribution in [0.5, 0.6) is 5.75 Å². The number of pyridine rings is 2. The number of hydrogen-bond donors (Lipinski definition) is 1. The predicted molar refractivity (Wildman–Crippen MR) is 157 cm³/mol. The number of fused-ring (bicyclic) bond motifs is 1. The van der Waals surface area contributed by atoms with E-state index < -0.39 is 40.3 Å². The van der Waals surface area contributed by atoms with Gasteiger partial charge in [-0.25, -0.2) is 28.3 Å². The summed E-state index contributed by atoms with van der Waals surface area (Å²) in [4.78, 5) is 43.6. The lowest BCUT2D eigenvalue weighted by Gasteiger charge is -2.43. The summed E-state index contributed by atoms with van der Waals surface area (Å²) >= 11 is 0. The van der Waals surface area contributed by atoms with Crippen LogP contribution in [0, 0.1) is 25.5 Å². The number of aromatic nitrogens is 2. The fourth-order valence-corrected chi connectivity index (χ4v) is 5.34. The molecule has 43 heavy (non-hydrogen) atoms. The number of nitrogens with zero attached hydrogens (tertiary/aromatic N) is 6. The zero-order valence-electron chi connectivity index (χ0n) is 24.8. The Bertz CT molecular complexity index is 1660. The van der Waals surface area contributed by atoms with Gasteiger partial charge in [0.05, 0.1) is 22.5 Å². The van der Waals surface area contributed by atoms with E-state index in [0.717, 1.165) is 11.6 Å². The molecule has 0 saturated carbocycles. The number of carbonyl (C=O) groups is 1. The molecule has 1 fully saturated rings. The number of phenolic OH excluding ortho intramolecular Hbond substituents is 1. The van der Waals surface area contributed by atoms with Crippen molar-refractivity contribution < 1.29 is 28.2 Å². The fraction of sp³-hybridized carbons (Fsp3) is 0.355. The lowest BCUT2D eigenvalue weighted by atomic mass is 10.0. The Balaban J connectivity index is 1.66. The summed E-state index contributed by atoms with van der Waals surface area (Å²) in [7, 11) is 0. The quantitative estimate of drug-likeness (QED) is 0.403. The molecule has 10 nitrogen and oxygen atoms in total. The summed E-state index contributed by atoms with van der Waals surface area (Å²) in [5.74, 6) is -0.194. The van der Waals surface area contributed by atoms with E-state index in [9.17, 15) is 19.1 Å². The van der Waals surface area contributed by atoms with E-state index in [1.165, 1.54) is 23.1 Å². The number of phenols is 1. The Morgan fingerprint density at radius 2 is 1.88 bits per heavy atom. The molecular weight excluding hydrogens is 558 g/mol. The van der Waals surface area contributed by atoms with Gasteiger partial charge < -0.3 is 19.6 Å². The number of anilines is 2. The average Bonchev–Trinajstić information content (AvgIpc) is 2.92. The fourth-order valence-electron chi connectivity index (χ4n) is 5.34. The van der Waals surface area contributed by atoms with Crippen molar-refractivity contribution in [3.05, 3.63) is 70.8 Å². The van der Waals surface area contributed by atoms with Crippen molar-refractivity contribution >= 4 is 29.4 Å². The highest BCUT2D eigenvalue weighted by Crippen LogP contribution is 2.42. The van der Waals surface area contributed by atoms with E-state index in [1.807, 2.05) is 24.7 Å². The third kappa shape index (κ3) is 5.53. The van der Waals surface area contributed by atoms with E-state index in [0.29, 0.717) is 17.9 Å². The van der Waals surface area contributed by atoms with Crippen LogP contribution in [0.4, 0.5) is 25.1 Å². The van der Waals surface area contributed by atoms with Crippen molar-refractivity contribution in [1.29, 1.82) is 0 Å². The first-order valence-corrected chi connectivity index (χ1v) is 13.8. The van der Waals surface area contributed by atoms with Crippen LogP contribution >= 0.6 is 0 Å². The zero-order chi connectivity index (χ0) is 31.2. The van der Waals surface area contributed by atoms with Crippen LogP contribution in [0.2, 0.25) is 0 Å². The highest BCUT2D eigenvalue weighted by molar-refractivity contribution is 6.08. The molecule has 0 unspecified atom stereocenters. The number of amidine groups is 1. The third-order valence-corrected chi connectivity index (χ3v) is 7.24. The second-order valence-electron chi connectivity index (χ2n) is 11.6. The Morgan fingerprint density at radius 1 is 1.14 bits per heavy atom. The minimum atomic E-state index is -0.898. The first kappa shape index (κ1) is 29.7. The van der Waals surface area contributed by atoms with Gasteiger partial charge in [-0.2, -0.15) is 0 Å². The Morgan fingerprint density at radius 3 is 2.51 bits per heavy atom. The minimum absolute atomic E-state index is 0.0865. The van der Waals surface area contributed by atoms with Crippen molar-refractivity contribution in [3.63, 3.8) is 0 Å². The van der Waals surface area contributed by atoms with Gasteiger partial charge in [0.25, 0.3) is 0 Å². The number of carbonyl (C=O) groups excluding carboxylic acids is 2. The molecule has 2 aliphatic rings. The van der Waals surface area contributed by atoms with Gasteiger partial charge in [-0.05, 0) is 71.4 Å². The van der Waals surface area contributed by atoms with Crippen LogP contribution in [0.3, 0.4) is 0 Å². The molecule has 0 radical (unpaired) electrons. The summed E-state index contributed by atoms with van der Waals surface area (Å²) in [6.45, 7) is 11.7. The van der Waals surface area contributed by atoms with Gasteiger partial charge in [0.15, 0.2) is 17.6 Å². The Labute approximate surface area is 247 Å². The molecule has 1 atom stereocenters. The molecule has 0 aliphatic carbocycles. The monoisotopic (exact) mass is 590 g/mol. The van der Waals surface area contributed by atoms with Crippen molar-refractivity contribution in [2.75, 3.05) is 24.5 Å². The molecule has 0 spiro atoms. The third-order valence-electron chi connectivity index (χ3n) is 7.24. The number of halogens is 2. The maximum absolute atomic E-state index is 15.9. The van der Waals surface area contributed by atoms with Crippen LogP contribution in [0.1, 0.15) is 44.5 Å². The van der Waals surface area contributed by atoms with Crippen LogP contribution in [0.15, 0.2) is 47.3 Å². The molecule has 12 heteroatoms. The summed E-state index contributed by atoms with van der Waals surface area (Å²) in [6.07, 6.45) is 1.17. The summed E-state index contributed by atoms with van der Waals surface area (Å²) < 4.78 is 36.3. The molecule has 224 valence electrons. The summed E-state index contributed by atoms with van der Waals surface area (Å²) in [6, 6.07) is 6.24. The summed E-state index contributed by atoms with van der Waals surface area (Å²) in [5.41, 5.74) is 0.471. The Hall–Kier alpha value is -4.83. The number of aliphatic imine (C=N–C) groups is 1. The first-order valence-electron chi connectivity index (χ1n) is 13.8. The van der Waals surface area contributed by atoms with E-state index in [2.05, 4.69) is 15.0 Å². The number of rotatable bonds is 2. The second-order valence-corrected chi connectivity index (χ2v) is 11.6. The Kier molecular flexibility index (Phi) is 7.66. The van der Waals surface area contributed by atoms with E-state index in [4.69, 9.17) is 4.74 Å². The highest BCUT2D eigenvalue weighted by atomic mass is 19.1. The SMILES string of the molecule is Cc1ccnc(C)c1N1C(=C=O)N=C(N2CCN(C(=O)OC(C)(C)C)C[C@@H]2C)c2cc(F)c(-c3c(O)cccc3F)nc21. The first-order chi connectivity index (χ1) is 20.3. The molecule has 1 saturated heterocycles. The van der Waals surface area contributed by atoms with Crippen molar-refractivity contribution in [3.8, 4) is 17.0 Å². The smallest absolute Gasteiger partial charge is 0.410 e. The number of aryl methyl sites for hydroxylation is 2. The summed E-state index contributed by atoms with van der Waals surface area (Å²) in [5, 5.41) is 10.5. The van der Waals surface area contributed by atoms with Crippen molar-refractivity contribution in [2.24, 2.45) is 4.99 Å². The molecule has 1 N–H and O–H groups in total. The number of ether oxygens (including phenoxy) is 1. The number of amides is 1. The van der Waals surface area contributed by atoms with Gasteiger partial charge in [-0.1, -0.05) is 6.07 Å². The molecule has 1 aromatic carbocycles. The van der Waals surface area contributed by atoms with Crippen molar-refractivity contribution in [2.45, 2.75) is 53.2 Å². The van der Waals surface area contributed by atoms with Gasteiger partial charge in [-0.15, -0.1) is 0 Å². The maximum Gasteiger partial charge on any atom is 0.410 e. The van der Waals surface area contributed by atoms with Gasteiger partial charge in [0, 0.05) is 31.9 Å². The topological polar surface area (TPSA) is 111 Å². The predicted octanol–water partition coefficient (Wildman–Crippen LogP) is 5.26. The minimum Gasteiger partial charge on any atom is -0.507 e. The zero-order valence-corrected chi connectivity index (χ0v) is 24.8. The largest absolute Gasteiger partial charge is 0.507 e. The van der Waals surface area contributed by atoms with E-state index >= 15 is 4.39 Å². The van der Waals surface area contributed by atoms with E-state index in [-0.39, 0.29) is 42.2 Å².